The summed E-state index contributed by atoms with van der Waals surface area (Å²) in [7, 11) is 1.69. The van der Waals surface area contributed by atoms with Gasteiger partial charge in [0.2, 0.25) is 0 Å². The first kappa shape index (κ1) is 15.8. The molecule has 0 aromatic heterocycles. The van der Waals surface area contributed by atoms with Gasteiger partial charge in [0.25, 0.3) is 0 Å². The second-order valence-electron chi connectivity index (χ2n) is 5.71. The predicted octanol–water partition coefficient (Wildman–Crippen LogP) is 3.21. The molecule has 0 unspecified atom stereocenters. The van der Waals surface area contributed by atoms with Crippen LogP contribution < -0.4 is 16.0 Å². The number of nitrogens with zero attached hydrogens (tertiary/aromatic N) is 1. The molecule has 2 rings (SSSR count). The van der Waals surface area contributed by atoms with Crippen molar-refractivity contribution in [3.05, 3.63) is 29.8 Å². The van der Waals surface area contributed by atoms with Gasteiger partial charge in [0.15, 0.2) is 0 Å². The second kappa shape index (κ2) is 8.67. The number of hydrogen-bond acceptors (Lipinski definition) is 3. The van der Waals surface area contributed by atoms with Crippen molar-refractivity contribution in [1.29, 1.82) is 0 Å². The number of hydrazine groups is 1. The molecule has 116 valence electrons. The molecule has 1 fully saturated rings. The quantitative estimate of drug-likeness (QED) is 0.288. The number of aliphatic imine (C=N–C) groups is 1. The Morgan fingerprint density at radius 3 is 2.43 bits per heavy atom. The molecule has 0 radical (unpaired) electrons. The Kier molecular flexibility index (Phi) is 6.54. The molecule has 21 heavy (non-hydrogen) atoms. The minimum absolute atomic E-state index is 0.453. The lowest BCUT2D eigenvalue weighted by atomic mass is 10.1. The van der Waals surface area contributed by atoms with Gasteiger partial charge in [0.1, 0.15) is 11.6 Å². The zero-order valence-corrected chi connectivity index (χ0v) is 13.0. The summed E-state index contributed by atoms with van der Waals surface area (Å²) in [6, 6.07) is 8.63. The normalized spacial score (nSPS) is 17.3. The molecule has 1 aliphatic carbocycles. The predicted molar refractivity (Wildman–Crippen MR) is 87.6 cm³/mol. The van der Waals surface area contributed by atoms with E-state index in [0.717, 1.165) is 24.4 Å². The topological polar surface area (TPSA) is 59.6 Å². The van der Waals surface area contributed by atoms with Crippen LogP contribution in [-0.4, -0.2) is 19.0 Å². The monoisotopic (exact) mass is 289 g/mol. The van der Waals surface area contributed by atoms with E-state index in [-0.39, 0.29) is 0 Å². The Morgan fingerprint density at radius 1 is 1.19 bits per heavy atom. The van der Waals surface area contributed by atoms with Crippen molar-refractivity contribution in [2.24, 2.45) is 10.8 Å². The van der Waals surface area contributed by atoms with Crippen molar-refractivity contribution in [3.63, 3.8) is 0 Å². The van der Waals surface area contributed by atoms with Crippen LogP contribution in [0, 0.1) is 0 Å². The van der Waals surface area contributed by atoms with E-state index in [9.17, 15) is 0 Å². The Hall–Kier alpha value is -1.55. The van der Waals surface area contributed by atoms with Gasteiger partial charge in [0, 0.05) is 6.42 Å². The number of hydrogen-bond donors (Lipinski definition) is 2. The number of aryl methyl sites for hydroxylation is 1. The van der Waals surface area contributed by atoms with E-state index in [1.807, 2.05) is 12.1 Å². The summed E-state index contributed by atoms with van der Waals surface area (Å²) in [6.45, 7) is 0. The summed E-state index contributed by atoms with van der Waals surface area (Å²) in [5.41, 5.74) is 4.07. The van der Waals surface area contributed by atoms with Crippen LogP contribution >= 0.6 is 0 Å². The van der Waals surface area contributed by atoms with Gasteiger partial charge in [-0.3, -0.25) is 4.99 Å². The first-order valence-corrected chi connectivity index (χ1v) is 7.98. The van der Waals surface area contributed by atoms with Crippen LogP contribution in [0.4, 0.5) is 0 Å². The zero-order valence-electron chi connectivity index (χ0n) is 13.0. The maximum atomic E-state index is 5.64. The molecule has 3 N–H and O–H groups in total. The van der Waals surface area contributed by atoms with E-state index in [0.29, 0.717) is 6.04 Å². The molecule has 0 aliphatic heterocycles. The fraction of sp³-hybridized carbons (Fsp3) is 0.588. The second-order valence-corrected chi connectivity index (χ2v) is 5.71. The van der Waals surface area contributed by atoms with Crippen LogP contribution in [0.15, 0.2) is 29.3 Å². The van der Waals surface area contributed by atoms with Gasteiger partial charge in [-0.2, -0.15) is 0 Å². The van der Waals surface area contributed by atoms with Gasteiger partial charge in [-0.05, 0) is 37.0 Å². The number of amidine groups is 1. The van der Waals surface area contributed by atoms with Gasteiger partial charge in [-0.25, -0.2) is 5.84 Å². The lowest BCUT2D eigenvalue weighted by Gasteiger charge is -2.12. The van der Waals surface area contributed by atoms with Crippen molar-refractivity contribution >= 4 is 5.84 Å². The molecule has 0 spiro atoms. The minimum Gasteiger partial charge on any atom is -0.497 e. The maximum Gasteiger partial charge on any atom is 0.118 e. The molecule has 4 nitrogen and oxygen atoms in total. The van der Waals surface area contributed by atoms with E-state index in [1.165, 1.54) is 44.1 Å². The average molecular weight is 289 g/mol. The Balaban J connectivity index is 1.88. The number of rotatable bonds is 5. The molecule has 1 aromatic rings. The highest BCUT2D eigenvalue weighted by Crippen LogP contribution is 2.20. The molecule has 0 saturated heterocycles. The summed E-state index contributed by atoms with van der Waals surface area (Å²) >= 11 is 0. The van der Waals surface area contributed by atoms with E-state index in [1.54, 1.807) is 7.11 Å². The Bertz CT molecular complexity index is 434. The van der Waals surface area contributed by atoms with Crippen molar-refractivity contribution < 1.29 is 4.74 Å². The first-order valence-electron chi connectivity index (χ1n) is 7.98. The molecule has 1 aromatic carbocycles. The molecule has 0 heterocycles. The highest BCUT2D eigenvalue weighted by molar-refractivity contribution is 5.82. The average Bonchev–Trinajstić information content (AvgIpc) is 2.80. The van der Waals surface area contributed by atoms with Crippen molar-refractivity contribution in [1.82, 2.24) is 5.43 Å². The van der Waals surface area contributed by atoms with Gasteiger partial charge in [-0.1, -0.05) is 37.8 Å². The molecule has 4 heteroatoms. The fourth-order valence-corrected chi connectivity index (χ4v) is 2.84. The molecule has 0 bridgehead atoms. The molecule has 1 aliphatic rings. The van der Waals surface area contributed by atoms with E-state index in [2.05, 4.69) is 17.6 Å². The maximum absolute atomic E-state index is 5.64. The third-order valence-corrected chi connectivity index (χ3v) is 4.14. The Morgan fingerprint density at radius 2 is 1.86 bits per heavy atom. The van der Waals surface area contributed by atoms with Crippen LogP contribution in [0.5, 0.6) is 5.75 Å². The van der Waals surface area contributed by atoms with Crippen molar-refractivity contribution in [2.75, 3.05) is 7.11 Å². The number of ether oxygens (including phenoxy) is 1. The van der Waals surface area contributed by atoms with Crippen molar-refractivity contribution in [3.8, 4) is 5.75 Å². The fourth-order valence-electron chi connectivity index (χ4n) is 2.84. The van der Waals surface area contributed by atoms with Gasteiger partial charge >= 0.3 is 0 Å². The van der Waals surface area contributed by atoms with Gasteiger partial charge in [-0.15, -0.1) is 0 Å². The van der Waals surface area contributed by atoms with E-state index >= 15 is 0 Å². The van der Waals surface area contributed by atoms with Crippen LogP contribution in [0.1, 0.15) is 50.5 Å². The van der Waals surface area contributed by atoms with Crippen LogP contribution in [0.3, 0.4) is 0 Å². The molecular formula is C17H27N3O. The minimum atomic E-state index is 0.453. The van der Waals surface area contributed by atoms with E-state index < -0.39 is 0 Å². The van der Waals surface area contributed by atoms with E-state index in [4.69, 9.17) is 15.6 Å². The zero-order chi connectivity index (χ0) is 14.9. The standard InChI is InChI=1S/C17H27N3O/c1-21-16-11-8-14(9-12-16)10-13-17(20-18)19-15-6-4-2-3-5-7-15/h8-9,11-12,15H,2-7,10,13,18H2,1H3,(H,19,20). The van der Waals surface area contributed by atoms with Gasteiger partial charge < -0.3 is 10.2 Å². The summed E-state index contributed by atoms with van der Waals surface area (Å²) in [4.78, 5) is 4.82. The van der Waals surface area contributed by atoms with Crippen LogP contribution in [0.25, 0.3) is 0 Å². The number of methoxy groups -OCH3 is 1. The lowest BCUT2D eigenvalue weighted by Crippen LogP contribution is -2.32. The summed E-state index contributed by atoms with van der Waals surface area (Å²) in [5.74, 6) is 7.46. The SMILES string of the molecule is COc1ccc(CCC(=NC2CCCCCC2)NN)cc1. The number of nitrogens with one attached hydrogen (secondary N) is 1. The third-order valence-electron chi connectivity index (χ3n) is 4.14. The smallest absolute Gasteiger partial charge is 0.118 e. The Labute approximate surface area is 127 Å². The summed E-state index contributed by atoms with van der Waals surface area (Å²) < 4.78 is 5.17. The summed E-state index contributed by atoms with van der Waals surface area (Å²) in [5, 5.41) is 0. The number of nitrogens with two attached hydrogens (primary N) is 1. The highest BCUT2D eigenvalue weighted by atomic mass is 16.5. The highest BCUT2D eigenvalue weighted by Gasteiger charge is 2.11. The first-order chi connectivity index (χ1) is 10.3. The number of benzene rings is 1. The summed E-state index contributed by atoms with van der Waals surface area (Å²) in [6.07, 6.45) is 9.50. The van der Waals surface area contributed by atoms with Crippen LogP contribution in [-0.2, 0) is 6.42 Å². The van der Waals surface area contributed by atoms with Crippen LogP contribution in [0.2, 0.25) is 0 Å². The van der Waals surface area contributed by atoms with Gasteiger partial charge in [0.05, 0.1) is 13.2 Å². The third kappa shape index (κ3) is 5.38. The lowest BCUT2D eigenvalue weighted by molar-refractivity contribution is 0.414. The largest absolute Gasteiger partial charge is 0.497 e. The molecule has 1 saturated carbocycles. The molecule has 0 amide bonds. The van der Waals surface area contributed by atoms with Crippen molar-refractivity contribution in [2.45, 2.75) is 57.4 Å². The molecule has 0 atom stereocenters. The molecular weight excluding hydrogens is 262 g/mol.